The van der Waals surface area contributed by atoms with Gasteiger partial charge in [0.15, 0.2) is 0 Å². The van der Waals surface area contributed by atoms with Crippen molar-refractivity contribution in [2.24, 2.45) is 5.73 Å². The normalized spacial score (nSPS) is 9.62. The van der Waals surface area contributed by atoms with Crippen LogP contribution >= 0.6 is 11.3 Å². The van der Waals surface area contributed by atoms with Crippen molar-refractivity contribution in [1.82, 2.24) is 4.98 Å². The lowest BCUT2D eigenvalue weighted by atomic mass is 10.3. The van der Waals surface area contributed by atoms with Crippen LogP contribution in [0.1, 0.15) is 21.5 Å². The van der Waals surface area contributed by atoms with Gasteiger partial charge in [-0.15, -0.1) is 11.3 Å². The Balaban J connectivity index is 2.02. The van der Waals surface area contributed by atoms with Crippen molar-refractivity contribution in [3.05, 3.63) is 40.2 Å². The van der Waals surface area contributed by atoms with Crippen LogP contribution in [-0.2, 0) is 0 Å². The molecule has 0 bridgehead atoms. The Morgan fingerprint density at radius 3 is 2.95 bits per heavy atom. The van der Waals surface area contributed by atoms with Gasteiger partial charge in [-0.05, 0) is 25.1 Å². The number of hydrogen-bond donors (Lipinski definition) is 2. The summed E-state index contributed by atoms with van der Waals surface area (Å²) in [6.07, 6.45) is 1.56. The molecule has 2 aromatic heterocycles. The van der Waals surface area contributed by atoms with Crippen LogP contribution in [0.4, 0.5) is 5.69 Å². The summed E-state index contributed by atoms with van der Waals surface area (Å²) in [6.45, 7) is 2.75. The molecule has 6 heteroatoms. The molecule has 0 fully saturated rings. The van der Waals surface area contributed by atoms with Crippen LogP contribution < -0.4 is 15.8 Å². The number of ether oxygens (including phenoxy) is 1. The molecule has 0 spiro atoms. The smallest absolute Gasteiger partial charge is 0.265 e. The summed E-state index contributed by atoms with van der Waals surface area (Å²) in [5, 5.41) is 2.78. The number of carbonyl (C=O) groups is 1. The highest BCUT2D eigenvalue weighted by molar-refractivity contribution is 7.14. The number of anilines is 1. The van der Waals surface area contributed by atoms with Crippen molar-refractivity contribution >= 4 is 22.9 Å². The molecular weight excluding hydrogens is 286 g/mol. The molecule has 2 aromatic rings. The first-order chi connectivity index (χ1) is 10.2. The molecule has 0 saturated carbocycles. The number of pyridine rings is 1. The van der Waals surface area contributed by atoms with Gasteiger partial charge in [-0.2, -0.15) is 0 Å². The van der Waals surface area contributed by atoms with Crippen LogP contribution in [0.5, 0.6) is 5.88 Å². The summed E-state index contributed by atoms with van der Waals surface area (Å²) < 4.78 is 5.24. The zero-order chi connectivity index (χ0) is 15.1. The molecule has 21 heavy (non-hydrogen) atoms. The standard InChI is InChI=1S/C15H15N3O2S/c1-2-20-14-8-5-11(10-17-14)18-15(19)13-7-6-12(21-13)4-3-9-16/h5-8,10H,2,9,16H2,1H3,(H,18,19). The molecule has 3 N–H and O–H groups in total. The molecule has 0 unspecified atom stereocenters. The average Bonchev–Trinajstić information content (AvgIpc) is 2.96. The predicted octanol–water partition coefficient (Wildman–Crippen LogP) is 2.10. The Hall–Kier alpha value is -2.36. The van der Waals surface area contributed by atoms with Crippen molar-refractivity contribution in [2.45, 2.75) is 6.92 Å². The number of nitrogens with one attached hydrogen (secondary N) is 1. The maximum atomic E-state index is 12.1. The van der Waals surface area contributed by atoms with Gasteiger partial charge in [0, 0.05) is 6.07 Å². The van der Waals surface area contributed by atoms with Gasteiger partial charge in [-0.25, -0.2) is 4.98 Å². The number of aromatic nitrogens is 1. The quantitative estimate of drug-likeness (QED) is 0.848. The monoisotopic (exact) mass is 301 g/mol. The first-order valence-corrected chi connectivity index (χ1v) is 7.23. The fraction of sp³-hybridized carbons (Fsp3) is 0.200. The topological polar surface area (TPSA) is 77.2 Å². The third kappa shape index (κ3) is 4.31. The second kappa shape index (κ2) is 7.43. The van der Waals surface area contributed by atoms with Gasteiger partial charge in [0.05, 0.1) is 34.8 Å². The summed E-state index contributed by atoms with van der Waals surface area (Å²) in [5.41, 5.74) is 5.93. The highest BCUT2D eigenvalue weighted by Crippen LogP contribution is 2.18. The number of nitrogens with two attached hydrogens (primary N) is 1. The van der Waals surface area contributed by atoms with Crippen molar-refractivity contribution < 1.29 is 9.53 Å². The lowest BCUT2D eigenvalue weighted by Gasteiger charge is -2.05. The summed E-state index contributed by atoms with van der Waals surface area (Å²) in [5.74, 6) is 6.00. The largest absolute Gasteiger partial charge is 0.478 e. The van der Waals surface area contributed by atoms with Crippen molar-refractivity contribution in [3.8, 4) is 17.7 Å². The van der Waals surface area contributed by atoms with Crippen molar-refractivity contribution in [3.63, 3.8) is 0 Å². The summed E-state index contributed by atoms with van der Waals surface area (Å²) in [6, 6.07) is 7.01. The van der Waals surface area contributed by atoms with Crippen molar-refractivity contribution in [1.29, 1.82) is 0 Å². The Labute approximate surface area is 127 Å². The van der Waals surface area contributed by atoms with Crippen LogP contribution in [0.2, 0.25) is 0 Å². The van der Waals surface area contributed by atoms with E-state index in [-0.39, 0.29) is 5.91 Å². The third-order valence-corrected chi connectivity index (χ3v) is 3.43. The maximum Gasteiger partial charge on any atom is 0.265 e. The lowest BCUT2D eigenvalue weighted by Crippen LogP contribution is -2.10. The van der Waals surface area contributed by atoms with Gasteiger partial charge in [-0.1, -0.05) is 11.8 Å². The first kappa shape index (κ1) is 15.0. The van der Waals surface area contributed by atoms with E-state index in [1.54, 1.807) is 30.5 Å². The summed E-state index contributed by atoms with van der Waals surface area (Å²) >= 11 is 1.33. The molecule has 0 aliphatic heterocycles. The fourth-order valence-corrected chi connectivity index (χ4v) is 2.32. The fourth-order valence-electron chi connectivity index (χ4n) is 1.55. The number of carbonyl (C=O) groups excluding carboxylic acids is 1. The molecule has 0 aromatic carbocycles. The van der Waals surface area contributed by atoms with Gasteiger partial charge >= 0.3 is 0 Å². The van der Waals surface area contributed by atoms with Gasteiger partial charge in [-0.3, -0.25) is 4.79 Å². The van der Waals surface area contributed by atoms with E-state index in [1.165, 1.54) is 11.3 Å². The molecule has 0 aliphatic rings. The molecule has 1 amide bonds. The lowest BCUT2D eigenvalue weighted by molar-refractivity contribution is 0.103. The molecule has 2 rings (SSSR count). The van der Waals surface area contributed by atoms with Crippen LogP contribution in [-0.4, -0.2) is 24.0 Å². The van der Waals surface area contributed by atoms with E-state index in [1.807, 2.05) is 6.92 Å². The van der Waals surface area contributed by atoms with E-state index < -0.39 is 0 Å². The van der Waals surface area contributed by atoms with Gasteiger partial charge in [0.25, 0.3) is 5.91 Å². The highest BCUT2D eigenvalue weighted by Gasteiger charge is 2.09. The predicted molar refractivity (Wildman–Crippen MR) is 83.6 cm³/mol. The summed E-state index contributed by atoms with van der Waals surface area (Å²) in [4.78, 5) is 17.6. The first-order valence-electron chi connectivity index (χ1n) is 6.42. The molecule has 0 aliphatic carbocycles. The second-order valence-electron chi connectivity index (χ2n) is 3.94. The SMILES string of the molecule is CCOc1ccc(NC(=O)c2ccc(C#CCN)s2)cn1. The van der Waals surface area contributed by atoms with Crippen LogP contribution in [0, 0.1) is 11.8 Å². The maximum absolute atomic E-state index is 12.1. The zero-order valence-corrected chi connectivity index (χ0v) is 12.4. The third-order valence-electron chi connectivity index (χ3n) is 2.43. The van der Waals surface area contributed by atoms with E-state index in [9.17, 15) is 4.79 Å². The molecule has 0 saturated heterocycles. The molecule has 0 radical (unpaired) electrons. The molecule has 2 heterocycles. The van der Waals surface area contributed by atoms with Gasteiger partial charge in [0.1, 0.15) is 0 Å². The van der Waals surface area contributed by atoms with Crippen LogP contribution in [0.15, 0.2) is 30.5 Å². The molecule has 5 nitrogen and oxygen atoms in total. The van der Waals surface area contributed by atoms with E-state index >= 15 is 0 Å². The minimum absolute atomic E-state index is 0.188. The zero-order valence-electron chi connectivity index (χ0n) is 11.6. The van der Waals surface area contributed by atoms with E-state index in [0.717, 1.165) is 4.88 Å². The second-order valence-corrected chi connectivity index (χ2v) is 5.03. The van der Waals surface area contributed by atoms with Crippen molar-refractivity contribution in [2.75, 3.05) is 18.5 Å². The number of thiophene rings is 1. The Bertz CT molecular complexity index is 668. The Morgan fingerprint density at radius 1 is 1.43 bits per heavy atom. The van der Waals surface area contributed by atoms with E-state index in [0.29, 0.717) is 29.6 Å². The average molecular weight is 301 g/mol. The van der Waals surface area contributed by atoms with E-state index in [2.05, 4.69) is 22.1 Å². The Kier molecular flexibility index (Phi) is 5.32. The summed E-state index contributed by atoms with van der Waals surface area (Å²) in [7, 11) is 0. The number of nitrogens with zero attached hydrogens (tertiary/aromatic N) is 1. The van der Waals surface area contributed by atoms with Crippen LogP contribution in [0.3, 0.4) is 0 Å². The minimum atomic E-state index is -0.188. The van der Waals surface area contributed by atoms with E-state index in [4.69, 9.17) is 10.5 Å². The molecular formula is C15H15N3O2S. The minimum Gasteiger partial charge on any atom is -0.478 e. The number of amides is 1. The van der Waals surface area contributed by atoms with Gasteiger partial charge < -0.3 is 15.8 Å². The van der Waals surface area contributed by atoms with Crippen LogP contribution in [0.25, 0.3) is 0 Å². The number of hydrogen-bond acceptors (Lipinski definition) is 5. The molecule has 0 atom stereocenters. The molecule has 108 valence electrons. The van der Waals surface area contributed by atoms with Gasteiger partial charge in [0.2, 0.25) is 5.88 Å². The Morgan fingerprint density at radius 2 is 2.29 bits per heavy atom. The number of rotatable bonds is 4. The highest BCUT2D eigenvalue weighted by atomic mass is 32.1.